The third-order valence-corrected chi connectivity index (χ3v) is 2.72. The van der Waals surface area contributed by atoms with Gasteiger partial charge in [0.2, 0.25) is 0 Å². The smallest absolute Gasteiger partial charge is 0.292 e. The van der Waals surface area contributed by atoms with E-state index in [0.29, 0.717) is 10.8 Å². The maximum atomic E-state index is 8.70. The molecular formula is C15H22ClNO. The molecule has 1 aromatic rings. The van der Waals surface area contributed by atoms with Crippen molar-refractivity contribution in [1.82, 2.24) is 0 Å². The van der Waals surface area contributed by atoms with E-state index >= 15 is 0 Å². The first-order chi connectivity index (χ1) is 8.47. The second-order valence-corrected chi connectivity index (χ2v) is 4.85. The Balaban J connectivity index is 0.00000137. The molecule has 0 spiro atoms. The Bertz CT molecular complexity index is 390. The second kappa shape index (κ2) is 8.00. The number of hydrogen-bond donors (Lipinski definition) is 0. The molecule has 2 nitrogen and oxygen atoms in total. The van der Waals surface area contributed by atoms with Gasteiger partial charge in [-0.3, -0.25) is 0 Å². The van der Waals surface area contributed by atoms with E-state index in [0.717, 1.165) is 11.1 Å². The van der Waals surface area contributed by atoms with Crippen LogP contribution in [-0.2, 0) is 0 Å². The fourth-order valence-corrected chi connectivity index (χ4v) is 1.89. The van der Waals surface area contributed by atoms with Gasteiger partial charge in [0, 0.05) is 16.1 Å². The Labute approximate surface area is 116 Å². The molecule has 0 unspecified atom stereocenters. The minimum Gasteiger partial charge on any atom is -0.387 e. The van der Waals surface area contributed by atoms with Crippen molar-refractivity contribution in [3.8, 4) is 12.0 Å². The van der Waals surface area contributed by atoms with Crippen LogP contribution in [0.5, 0.6) is 5.75 Å². The van der Waals surface area contributed by atoms with Gasteiger partial charge in [0.05, 0.1) is 0 Å². The van der Waals surface area contributed by atoms with Gasteiger partial charge in [0.1, 0.15) is 5.75 Å². The minimum absolute atomic E-state index is 0.277. The maximum Gasteiger partial charge on any atom is 0.292 e. The summed E-state index contributed by atoms with van der Waals surface area (Å²) in [6, 6.07) is 3.73. The number of ether oxygens (including phenoxy) is 1. The number of nitriles is 1. The zero-order valence-corrected chi connectivity index (χ0v) is 12.8. The Kier molecular flexibility index (Phi) is 7.47. The van der Waals surface area contributed by atoms with Crippen molar-refractivity contribution < 1.29 is 4.74 Å². The van der Waals surface area contributed by atoms with E-state index in [-0.39, 0.29) is 11.8 Å². The molecule has 0 aliphatic carbocycles. The van der Waals surface area contributed by atoms with E-state index in [1.165, 1.54) is 0 Å². The van der Waals surface area contributed by atoms with Crippen LogP contribution in [0.2, 0.25) is 5.02 Å². The topological polar surface area (TPSA) is 33.0 Å². The van der Waals surface area contributed by atoms with Crippen LogP contribution in [-0.4, -0.2) is 0 Å². The fourth-order valence-electron chi connectivity index (χ4n) is 1.66. The van der Waals surface area contributed by atoms with Gasteiger partial charge in [-0.25, -0.2) is 0 Å². The molecule has 0 saturated heterocycles. The SMILES string of the molecule is CC.CC(C)c1cc(Cl)cc(C(C)C)c1OC#N. The molecule has 1 rings (SSSR count). The average molecular weight is 268 g/mol. The van der Waals surface area contributed by atoms with Gasteiger partial charge in [0.25, 0.3) is 6.26 Å². The van der Waals surface area contributed by atoms with Crippen molar-refractivity contribution in [1.29, 1.82) is 5.26 Å². The molecule has 0 bridgehead atoms. The highest BCUT2D eigenvalue weighted by molar-refractivity contribution is 6.30. The van der Waals surface area contributed by atoms with Crippen molar-refractivity contribution in [2.45, 2.75) is 53.4 Å². The van der Waals surface area contributed by atoms with Crippen molar-refractivity contribution in [2.75, 3.05) is 0 Å². The average Bonchev–Trinajstić information content (AvgIpc) is 2.33. The molecule has 18 heavy (non-hydrogen) atoms. The van der Waals surface area contributed by atoms with E-state index in [1.54, 1.807) is 6.26 Å². The molecule has 0 radical (unpaired) electrons. The van der Waals surface area contributed by atoms with Crippen LogP contribution in [0.4, 0.5) is 0 Å². The molecule has 3 heteroatoms. The molecule has 0 fully saturated rings. The summed E-state index contributed by atoms with van der Waals surface area (Å²) >= 11 is 6.07. The molecule has 100 valence electrons. The number of halogens is 1. The second-order valence-electron chi connectivity index (χ2n) is 4.42. The van der Waals surface area contributed by atoms with Gasteiger partial charge >= 0.3 is 0 Å². The highest BCUT2D eigenvalue weighted by Gasteiger charge is 2.17. The highest BCUT2D eigenvalue weighted by atomic mass is 35.5. The first kappa shape index (κ1) is 16.8. The first-order valence-electron chi connectivity index (χ1n) is 6.36. The summed E-state index contributed by atoms with van der Waals surface area (Å²) in [5.41, 5.74) is 1.97. The number of benzene rings is 1. The molecule has 0 aliphatic rings. The predicted octanol–water partition coefficient (Wildman–Crippen LogP) is 5.47. The van der Waals surface area contributed by atoms with Crippen LogP contribution < -0.4 is 4.74 Å². The molecule has 0 aromatic heterocycles. The van der Waals surface area contributed by atoms with Gasteiger partial charge in [0.15, 0.2) is 0 Å². The summed E-state index contributed by atoms with van der Waals surface area (Å²) in [6.45, 7) is 12.2. The van der Waals surface area contributed by atoms with Gasteiger partial charge in [-0.1, -0.05) is 53.1 Å². The standard InChI is InChI=1S/C13H16ClNO.C2H6/c1-8(2)11-5-10(14)6-12(9(3)4)13(11)16-7-15;1-2/h5-6,8-9H,1-4H3;1-2H3. The van der Waals surface area contributed by atoms with Crippen molar-refractivity contribution in [3.05, 3.63) is 28.3 Å². The molecule has 1 aromatic carbocycles. The van der Waals surface area contributed by atoms with Crippen LogP contribution in [0.25, 0.3) is 0 Å². The summed E-state index contributed by atoms with van der Waals surface area (Å²) < 4.78 is 5.09. The third-order valence-electron chi connectivity index (χ3n) is 2.50. The summed E-state index contributed by atoms with van der Waals surface area (Å²) in [5, 5.41) is 9.39. The normalized spacial score (nSPS) is 9.78. The zero-order chi connectivity index (χ0) is 14.3. The predicted molar refractivity (Wildman–Crippen MR) is 77.2 cm³/mol. The van der Waals surface area contributed by atoms with Crippen LogP contribution in [0, 0.1) is 11.5 Å². The third kappa shape index (κ3) is 4.23. The van der Waals surface area contributed by atoms with Crippen LogP contribution in [0.1, 0.15) is 64.5 Å². The highest BCUT2D eigenvalue weighted by Crippen LogP contribution is 2.37. The lowest BCUT2D eigenvalue weighted by molar-refractivity contribution is 0.486. The summed E-state index contributed by atoms with van der Waals surface area (Å²) in [6.07, 6.45) is 1.75. The molecule has 0 amide bonds. The number of rotatable bonds is 3. The zero-order valence-electron chi connectivity index (χ0n) is 12.0. The van der Waals surface area contributed by atoms with Gasteiger partial charge in [-0.15, -0.1) is 5.26 Å². The fraction of sp³-hybridized carbons (Fsp3) is 0.533. The van der Waals surface area contributed by atoms with E-state index in [1.807, 2.05) is 26.0 Å². The van der Waals surface area contributed by atoms with E-state index < -0.39 is 0 Å². The van der Waals surface area contributed by atoms with Crippen molar-refractivity contribution in [2.24, 2.45) is 0 Å². The Morgan fingerprint density at radius 1 is 1.06 bits per heavy atom. The van der Waals surface area contributed by atoms with Crippen LogP contribution in [0.15, 0.2) is 12.1 Å². The van der Waals surface area contributed by atoms with E-state index in [2.05, 4.69) is 27.7 Å². The Morgan fingerprint density at radius 2 is 1.44 bits per heavy atom. The van der Waals surface area contributed by atoms with Gasteiger partial charge in [-0.2, -0.15) is 0 Å². The lowest BCUT2D eigenvalue weighted by atomic mass is 9.94. The van der Waals surface area contributed by atoms with Crippen molar-refractivity contribution in [3.63, 3.8) is 0 Å². The number of nitrogens with zero attached hydrogens (tertiary/aromatic N) is 1. The molecule has 0 N–H and O–H groups in total. The molecule has 0 heterocycles. The Morgan fingerprint density at radius 3 is 1.72 bits per heavy atom. The van der Waals surface area contributed by atoms with E-state index in [9.17, 15) is 0 Å². The van der Waals surface area contributed by atoms with Crippen molar-refractivity contribution >= 4 is 11.6 Å². The monoisotopic (exact) mass is 267 g/mol. The van der Waals surface area contributed by atoms with Gasteiger partial charge in [-0.05, 0) is 24.0 Å². The first-order valence-corrected chi connectivity index (χ1v) is 6.74. The minimum atomic E-state index is 0.277. The molecule has 0 saturated carbocycles. The lowest BCUT2D eigenvalue weighted by Gasteiger charge is -2.17. The summed E-state index contributed by atoms with van der Waals surface area (Å²) in [5.74, 6) is 1.22. The summed E-state index contributed by atoms with van der Waals surface area (Å²) in [4.78, 5) is 0. The van der Waals surface area contributed by atoms with Gasteiger partial charge < -0.3 is 4.74 Å². The lowest BCUT2D eigenvalue weighted by Crippen LogP contribution is -2.00. The molecule has 0 aliphatic heterocycles. The summed E-state index contributed by atoms with van der Waals surface area (Å²) in [7, 11) is 0. The quantitative estimate of drug-likeness (QED) is 0.680. The maximum absolute atomic E-state index is 8.70. The van der Waals surface area contributed by atoms with E-state index in [4.69, 9.17) is 21.6 Å². The molecular weight excluding hydrogens is 246 g/mol. The van der Waals surface area contributed by atoms with Crippen LogP contribution in [0.3, 0.4) is 0 Å². The Hall–Kier alpha value is -1.20. The largest absolute Gasteiger partial charge is 0.387 e. The molecule has 0 atom stereocenters. The number of hydrogen-bond acceptors (Lipinski definition) is 2. The van der Waals surface area contributed by atoms with Crippen LogP contribution >= 0.6 is 11.6 Å².